The normalized spacial score (nSPS) is 17.4. The highest BCUT2D eigenvalue weighted by Crippen LogP contribution is 2.29. The standard InChI is InChI=1S/C27H33N7O5S/c1-4-34-16-28-24-25(31-27(32-26(24)34)30-18-5-9-20(35)10-6-18)29-17-7-11-23(12-8-17)40(36,37)33-19-13-21(38-2)15-22(14-19)39-3/h7-8,11-16,18,20,33,35H,4-6,9-10H2,1-3H3,(H2,29,30,31,32). The number of methoxy groups -OCH3 is 2. The van der Waals surface area contributed by atoms with E-state index in [2.05, 4.69) is 20.3 Å². The van der Waals surface area contributed by atoms with Crippen LogP contribution in [-0.4, -0.2) is 59.4 Å². The van der Waals surface area contributed by atoms with Crippen molar-refractivity contribution in [1.29, 1.82) is 0 Å². The van der Waals surface area contributed by atoms with Crippen LogP contribution < -0.4 is 24.8 Å². The predicted molar refractivity (Wildman–Crippen MR) is 153 cm³/mol. The molecule has 4 aromatic rings. The van der Waals surface area contributed by atoms with Gasteiger partial charge in [-0.25, -0.2) is 13.4 Å². The molecule has 2 heterocycles. The number of anilines is 4. The number of rotatable bonds is 10. The number of benzene rings is 2. The summed E-state index contributed by atoms with van der Waals surface area (Å²) in [7, 11) is -0.878. The van der Waals surface area contributed by atoms with Crippen LogP contribution in [0.2, 0.25) is 0 Å². The van der Waals surface area contributed by atoms with Crippen LogP contribution in [0.15, 0.2) is 53.7 Å². The van der Waals surface area contributed by atoms with Gasteiger partial charge in [0.1, 0.15) is 11.5 Å². The summed E-state index contributed by atoms with van der Waals surface area (Å²) < 4.78 is 41.1. The number of hydrogen-bond acceptors (Lipinski definition) is 10. The van der Waals surface area contributed by atoms with E-state index in [0.29, 0.717) is 52.3 Å². The number of aromatic nitrogens is 4. The van der Waals surface area contributed by atoms with Crippen molar-refractivity contribution in [2.24, 2.45) is 0 Å². The van der Waals surface area contributed by atoms with Crippen LogP contribution in [0.5, 0.6) is 11.5 Å². The van der Waals surface area contributed by atoms with E-state index in [1.807, 2.05) is 11.5 Å². The van der Waals surface area contributed by atoms with Crippen molar-refractivity contribution in [2.45, 2.75) is 56.2 Å². The molecule has 0 amide bonds. The second-order valence-corrected chi connectivity index (χ2v) is 11.3. The van der Waals surface area contributed by atoms with Gasteiger partial charge < -0.3 is 29.8 Å². The molecule has 0 unspecified atom stereocenters. The summed E-state index contributed by atoms with van der Waals surface area (Å²) in [4.78, 5) is 14.0. The lowest BCUT2D eigenvalue weighted by Gasteiger charge is -2.26. The van der Waals surface area contributed by atoms with E-state index >= 15 is 0 Å². The fourth-order valence-electron chi connectivity index (χ4n) is 4.66. The number of ether oxygens (including phenoxy) is 2. The van der Waals surface area contributed by atoms with Crippen LogP contribution in [0, 0.1) is 0 Å². The first-order valence-corrected chi connectivity index (χ1v) is 14.6. The van der Waals surface area contributed by atoms with Crippen molar-refractivity contribution in [3.8, 4) is 11.5 Å². The maximum absolute atomic E-state index is 13.1. The summed E-state index contributed by atoms with van der Waals surface area (Å²) in [5.74, 6) is 1.91. The Morgan fingerprint density at radius 2 is 1.65 bits per heavy atom. The topological polar surface area (TPSA) is 153 Å². The van der Waals surface area contributed by atoms with Crippen LogP contribution in [0.3, 0.4) is 0 Å². The Morgan fingerprint density at radius 3 is 2.27 bits per heavy atom. The molecular weight excluding hydrogens is 534 g/mol. The van der Waals surface area contributed by atoms with Gasteiger partial charge >= 0.3 is 0 Å². The number of fused-ring (bicyclic) bond motifs is 1. The Labute approximate surface area is 232 Å². The molecule has 12 nitrogen and oxygen atoms in total. The zero-order chi connectivity index (χ0) is 28.3. The van der Waals surface area contributed by atoms with E-state index in [-0.39, 0.29) is 17.0 Å². The van der Waals surface area contributed by atoms with Crippen LogP contribution in [0.1, 0.15) is 32.6 Å². The molecule has 0 aliphatic heterocycles. The van der Waals surface area contributed by atoms with E-state index in [1.165, 1.54) is 26.4 Å². The molecule has 40 heavy (non-hydrogen) atoms. The maximum atomic E-state index is 13.1. The third-order valence-electron chi connectivity index (χ3n) is 6.87. The molecule has 1 saturated carbocycles. The first kappa shape index (κ1) is 27.5. The summed E-state index contributed by atoms with van der Waals surface area (Å²) in [6.45, 7) is 2.71. The van der Waals surface area contributed by atoms with Crippen molar-refractivity contribution in [2.75, 3.05) is 29.6 Å². The molecule has 0 saturated heterocycles. The van der Waals surface area contributed by atoms with Crippen molar-refractivity contribution < 1.29 is 23.0 Å². The van der Waals surface area contributed by atoms with Crippen molar-refractivity contribution in [3.05, 3.63) is 48.8 Å². The third-order valence-corrected chi connectivity index (χ3v) is 8.26. The lowest BCUT2D eigenvalue weighted by molar-refractivity contribution is 0.126. The first-order chi connectivity index (χ1) is 19.3. The van der Waals surface area contributed by atoms with Gasteiger partial charge in [-0.1, -0.05) is 0 Å². The Hall–Kier alpha value is -4.10. The molecule has 2 aromatic heterocycles. The second-order valence-electron chi connectivity index (χ2n) is 9.60. The molecule has 0 radical (unpaired) electrons. The first-order valence-electron chi connectivity index (χ1n) is 13.1. The molecule has 5 rings (SSSR count). The van der Waals surface area contributed by atoms with Crippen LogP contribution in [-0.2, 0) is 16.6 Å². The zero-order valence-corrected chi connectivity index (χ0v) is 23.4. The average Bonchev–Trinajstić information content (AvgIpc) is 3.37. The Kier molecular flexibility index (Phi) is 7.94. The third kappa shape index (κ3) is 6.05. The lowest BCUT2D eigenvalue weighted by Crippen LogP contribution is -2.29. The zero-order valence-electron chi connectivity index (χ0n) is 22.6. The van der Waals surface area contributed by atoms with Gasteiger partial charge in [-0.15, -0.1) is 0 Å². The predicted octanol–water partition coefficient (Wildman–Crippen LogP) is 4.12. The van der Waals surface area contributed by atoms with E-state index in [9.17, 15) is 13.5 Å². The largest absolute Gasteiger partial charge is 0.497 e. The molecule has 4 N–H and O–H groups in total. The summed E-state index contributed by atoms with van der Waals surface area (Å²) in [5, 5.41) is 16.5. The number of hydrogen-bond donors (Lipinski definition) is 4. The molecule has 13 heteroatoms. The summed E-state index contributed by atoms with van der Waals surface area (Å²) in [5.41, 5.74) is 2.26. The molecule has 1 aliphatic carbocycles. The Morgan fingerprint density at radius 1 is 0.975 bits per heavy atom. The molecule has 0 atom stereocenters. The summed E-state index contributed by atoms with van der Waals surface area (Å²) in [6.07, 6.45) is 4.64. The molecular formula is C27H33N7O5S. The molecule has 0 spiro atoms. The Balaban J connectivity index is 1.37. The SMILES string of the molecule is CCn1cnc2c(Nc3ccc(S(=O)(=O)Nc4cc(OC)cc(OC)c4)cc3)nc(NC3CCC(O)CC3)nc21. The van der Waals surface area contributed by atoms with Crippen LogP contribution >= 0.6 is 0 Å². The fourth-order valence-corrected chi connectivity index (χ4v) is 5.71. The van der Waals surface area contributed by atoms with E-state index in [0.717, 1.165) is 25.7 Å². The smallest absolute Gasteiger partial charge is 0.261 e. The molecule has 1 fully saturated rings. The number of nitrogens with zero attached hydrogens (tertiary/aromatic N) is 4. The van der Waals surface area contributed by atoms with E-state index in [1.54, 1.807) is 36.7 Å². The van der Waals surface area contributed by atoms with E-state index in [4.69, 9.17) is 19.4 Å². The summed E-state index contributed by atoms with van der Waals surface area (Å²) >= 11 is 0. The Bertz CT molecular complexity index is 1560. The second kappa shape index (κ2) is 11.6. The maximum Gasteiger partial charge on any atom is 0.261 e. The van der Waals surface area contributed by atoms with Gasteiger partial charge in [0, 0.05) is 36.5 Å². The number of sulfonamides is 1. The number of aryl methyl sites for hydroxylation is 1. The highest BCUT2D eigenvalue weighted by molar-refractivity contribution is 7.92. The molecule has 2 aromatic carbocycles. The van der Waals surface area contributed by atoms with E-state index < -0.39 is 10.0 Å². The minimum absolute atomic E-state index is 0.0878. The molecule has 0 bridgehead atoms. The highest BCUT2D eigenvalue weighted by atomic mass is 32.2. The molecule has 1 aliphatic rings. The minimum atomic E-state index is -3.87. The van der Waals surface area contributed by atoms with Gasteiger partial charge in [0.2, 0.25) is 5.95 Å². The van der Waals surface area contributed by atoms with Gasteiger partial charge in [0.25, 0.3) is 10.0 Å². The number of nitrogens with one attached hydrogen (secondary N) is 3. The van der Waals surface area contributed by atoms with Crippen molar-refractivity contribution in [3.63, 3.8) is 0 Å². The minimum Gasteiger partial charge on any atom is -0.497 e. The number of aliphatic hydroxyl groups excluding tert-OH is 1. The monoisotopic (exact) mass is 567 g/mol. The lowest BCUT2D eigenvalue weighted by atomic mass is 9.93. The highest BCUT2D eigenvalue weighted by Gasteiger charge is 2.22. The quantitative estimate of drug-likeness (QED) is 0.220. The fraction of sp³-hybridized carbons (Fsp3) is 0.370. The molecule has 212 valence electrons. The van der Waals surface area contributed by atoms with Gasteiger partial charge in [-0.05, 0) is 56.9 Å². The van der Waals surface area contributed by atoms with Gasteiger partial charge in [0.05, 0.1) is 37.2 Å². The average molecular weight is 568 g/mol. The van der Waals surface area contributed by atoms with Crippen LogP contribution in [0.4, 0.5) is 23.1 Å². The van der Waals surface area contributed by atoms with Crippen molar-refractivity contribution >= 4 is 44.3 Å². The van der Waals surface area contributed by atoms with Gasteiger partial charge in [-0.3, -0.25) is 4.72 Å². The summed E-state index contributed by atoms with van der Waals surface area (Å²) in [6, 6.07) is 11.3. The number of aliphatic hydroxyl groups is 1. The van der Waals surface area contributed by atoms with Crippen LogP contribution in [0.25, 0.3) is 11.2 Å². The van der Waals surface area contributed by atoms with Gasteiger partial charge in [-0.2, -0.15) is 9.97 Å². The van der Waals surface area contributed by atoms with Crippen molar-refractivity contribution in [1.82, 2.24) is 19.5 Å². The van der Waals surface area contributed by atoms with Gasteiger partial charge in [0.15, 0.2) is 17.0 Å². The number of imidazole rings is 1.